The van der Waals surface area contributed by atoms with Crippen LogP contribution in [0.5, 0.6) is 0 Å². The highest BCUT2D eigenvalue weighted by atomic mass is 16.6. The highest BCUT2D eigenvalue weighted by Gasteiger charge is 2.07. The van der Waals surface area contributed by atoms with E-state index in [2.05, 4.69) is 15.6 Å². The molecule has 1 aromatic rings. The van der Waals surface area contributed by atoms with Crippen LogP contribution in [0.3, 0.4) is 0 Å². The Bertz CT molecular complexity index is 605. The van der Waals surface area contributed by atoms with Crippen LogP contribution in [0.25, 0.3) is 0 Å². The summed E-state index contributed by atoms with van der Waals surface area (Å²) >= 11 is 0. The first kappa shape index (κ1) is 38.9. The van der Waals surface area contributed by atoms with E-state index in [-0.39, 0.29) is 57.8 Å². The largest absolute Gasteiger partial charge is 0.397 e. The summed E-state index contributed by atoms with van der Waals surface area (Å²) in [5.41, 5.74) is 10.7. The van der Waals surface area contributed by atoms with E-state index in [0.29, 0.717) is 11.4 Å². The van der Waals surface area contributed by atoms with Crippen molar-refractivity contribution in [2.75, 3.05) is 18.2 Å². The number of carbonyl (C=O) groups is 3. The second-order valence-corrected chi connectivity index (χ2v) is 6.69. The number of nitrogens with one attached hydrogen (secondary N) is 3. The van der Waals surface area contributed by atoms with E-state index in [1.807, 2.05) is 26.0 Å². The van der Waals surface area contributed by atoms with Crippen molar-refractivity contribution in [1.29, 1.82) is 0 Å². The molecule has 0 saturated heterocycles. The number of anilines is 2. The first-order chi connectivity index (χ1) is 13.0. The Balaban J connectivity index is -0.000000111. The number of nitrogens with two attached hydrogens (primary N) is 1. The summed E-state index contributed by atoms with van der Waals surface area (Å²) < 4.78 is 0. The lowest BCUT2D eigenvalue weighted by molar-refractivity contribution is -0.134. The van der Waals surface area contributed by atoms with Gasteiger partial charge in [0.25, 0.3) is 0 Å². The number of carbonyl (C=O) groups excluding carboxylic acids is 3. The maximum Gasteiger partial charge on any atom is 0.246 e. The molecule has 6 N–H and O–H groups in total. The van der Waals surface area contributed by atoms with Crippen molar-refractivity contribution >= 4 is 29.1 Å². The van der Waals surface area contributed by atoms with Crippen molar-refractivity contribution in [2.45, 2.75) is 63.8 Å². The SMILES string of the molecule is C.C.C.CC(C)C(=O)NO.CC(C)C(=O)Nc1ccccc1N.CONC(=O)C(C)C. The molecule has 0 aliphatic carbocycles. The molecule has 1 rings (SSSR count). The van der Waals surface area contributed by atoms with Crippen LogP contribution in [0.2, 0.25) is 0 Å². The van der Waals surface area contributed by atoms with Crippen LogP contribution in [0.15, 0.2) is 24.3 Å². The standard InChI is InChI=1S/C10H14N2O.C5H11NO2.C4H9NO2.3CH4/c1-7(2)10(13)12-9-6-4-3-5-8(9)11;1-4(2)5(7)6-8-3;1-3(2)4(6)5-7;;;/h3-7H,11H2,1-2H3,(H,12,13);4H,1-3H3,(H,6,7);3,7H,1-2H3,(H,5,6);3*1H4. The zero-order valence-corrected chi connectivity index (χ0v) is 17.7. The molecule has 9 nitrogen and oxygen atoms in total. The fourth-order valence-electron chi connectivity index (χ4n) is 1.24. The van der Waals surface area contributed by atoms with Gasteiger partial charge in [0.15, 0.2) is 0 Å². The van der Waals surface area contributed by atoms with Gasteiger partial charge in [-0.05, 0) is 12.1 Å². The minimum atomic E-state index is -0.347. The van der Waals surface area contributed by atoms with E-state index in [4.69, 9.17) is 10.9 Å². The van der Waals surface area contributed by atoms with Gasteiger partial charge in [0.05, 0.1) is 18.5 Å². The second-order valence-electron chi connectivity index (χ2n) is 6.69. The number of hydrogen-bond acceptors (Lipinski definition) is 6. The van der Waals surface area contributed by atoms with Gasteiger partial charge in [-0.2, -0.15) is 0 Å². The average Bonchev–Trinajstić information content (AvgIpc) is 2.63. The van der Waals surface area contributed by atoms with Gasteiger partial charge in [0, 0.05) is 17.8 Å². The predicted octanol–water partition coefficient (Wildman–Crippen LogP) is 4.24. The number of hydroxylamine groups is 2. The average molecular weight is 447 g/mol. The summed E-state index contributed by atoms with van der Waals surface area (Å²) in [6.07, 6.45) is 0. The third kappa shape index (κ3) is 20.4. The molecule has 184 valence electrons. The van der Waals surface area contributed by atoms with Crippen LogP contribution < -0.4 is 22.0 Å². The maximum atomic E-state index is 11.3. The molecule has 0 unspecified atom stereocenters. The van der Waals surface area contributed by atoms with Crippen LogP contribution in [0, 0.1) is 17.8 Å². The van der Waals surface area contributed by atoms with Crippen molar-refractivity contribution in [3.63, 3.8) is 0 Å². The molecule has 0 aliphatic rings. The van der Waals surface area contributed by atoms with Gasteiger partial charge < -0.3 is 11.1 Å². The lowest BCUT2D eigenvalue weighted by atomic mass is 10.2. The van der Waals surface area contributed by atoms with Gasteiger partial charge in [0.1, 0.15) is 0 Å². The van der Waals surface area contributed by atoms with Crippen LogP contribution in [0.4, 0.5) is 11.4 Å². The lowest BCUT2D eigenvalue weighted by Crippen LogP contribution is -2.26. The Hall–Kier alpha value is -2.65. The second kappa shape index (κ2) is 22.0. The van der Waals surface area contributed by atoms with Crippen LogP contribution >= 0.6 is 0 Å². The van der Waals surface area contributed by atoms with Gasteiger partial charge in [-0.15, -0.1) is 0 Å². The van der Waals surface area contributed by atoms with Gasteiger partial charge in [-0.25, -0.2) is 11.0 Å². The van der Waals surface area contributed by atoms with Crippen molar-refractivity contribution in [2.24, 2.45) is 17.8 Å². The maximum absolute atomic E-state index is 11.3. The zero-order valence-electron chi connectivity index (χ0n) is 17.7. The Labute approximate surface area is 189 Å². The molecule has 3 amide bonds. The minimum absolute atomic E-state index is 0. The number of nitrogen functional groups attached to an aromatic ring is 1. The number of amides is 3. The number of benzene rings is 1. The predicted molar refractivity (Wildman–Crippen MR) is 129 cm³/mol. The first-order valence-electron chi connectivity index (χ1n) is 8.89. The Morgan fingerprint density at radius 1 is 0.839 bits per heavy atom. The van der Waals surface area contributed by atoms with E-state index >= 15 is 0 Å². The van der Waals surface area contributed by atoms with Crippen LogP contribution in [-0.4, -0.2) is 30.0 Å². The quantitative estimate of drug-likeness (QED) is 0.260. The number of hydrogen-bond donors (Lipinski definition) is 5. The molecule has 0 radical (unpaired) electrons. The summed E-state index contributed by atoms with van der Waals surface area (Å²) in [6, 6.07) is 7.22. The molecule has 0 aromatic heterocycles. The molecule has 0 spiro atoms. The van der Waals surface area contributed by atoms with Crippen molar-refractivity contribution in [3.05, 3.63) is 24.3 Å². The van der Waals surface area contributed by atoms with Gasteiger partial charge >= 0.3 is 0 Å². The number of rotatable bonds is 5. The third-order valence-corrected chi connectivity index (χ3v) is 3.10. The Kier molecular flexibility index (Phi) is 27.7. The monoisotopic (exact) mass is 446 g/mol. The molecule has 9 heteroatoms. The normalized spacial score (nSPS) is 8.74. The lowest BCUT2D eigenvalue weighted by Gasteiger charge is -2.09. The van der Waals surface area contributed by atoms with E-state index in [1.54, 1.807) is 39.8 Å². The summed E-state index contributed by atoms with van der Waals surface area (Å²) in [5, 5.41) is 10.7. The summed E-state index contributed by atoms with van der Waals surface area (Å²) in [6.45, 7) is 10.7. The van der Waals surface area contributed by atoms with Crippen LogP contribution in [-0.2, 0) is 19.2 Å². The fraction of sp³-hybridized carbons (Fsp3) is 0.591. The number of para-hydroxylation sites is 2. The van der Waals surface area contributed by atoms with Gasteiger partial charge in [-0.1, -0.05) is 76.0 Å². The van der Waals surface area contributed by atoms with E-state index in [1.165, 1.54) is 12.6 Å². The molecule has 1 aromatic carbocycles. The van der Waals surface area contributed by atoms with Crippen molar-refractivity contribution < 1.29 is 24.4 Å². The Morgan fingerprint density at radius 2 is 1.26 bits per heavy atom. The molecule has 31 heavy (non-hydrogen) atoms. The van der Waals surface area contributed by atoms with E-state index in [9.17, 15) is 14.4 Å². The van der Waals surface area contributed by atoms with E-state index < -0.39 is 0 Å². The smallest absolute Gasteiger partial charge is 0.246 e. The summed E-state index contributed by atoms with van der Waals surface area (Å²) in [7, 11) is 1.42. The van der Waals surface area contributed by atoms with Gasteiger partial charge in [0.2, 0.25) is 17.7 Å². The van der Waals surface area contributed by atoms with E-state index in [0.717, 1.165) is 0 Å². The molecule has 0 saturated carbocycles. The molecule has 0 fully saturated rings. The molecule has 0 bridgehead atoms. The fourth-order valence-corrected chi connectivity index (χ4v) is 1.24. The minimum Gasteiger partial charge on any atom is -0.397 e. The summed E-state index contributed by atoms with van der Waals surface area (Å²) in [4.78, 5) is 36.3. The highest BCUT2D eigenvalue weighted by molar-refractivity contribution is 5.94. The molecule has 0 atom stereocenters. The third-order valence-electron chi connectivity index (χ3n) is 3.10. The van der Waals surface area contributed by atoms with Crippen LogP contribution in [0.1, 0.15) is 63.8 Å². The topological polar surface area (TPSA) is 143 Å². The van der Waals surface area contributed by atoms with Crippen molar-refractivity contribution in [3.8, 4) is 0 Å². The molecular formula is C22H46N4O5. The first-order valence-corrected chi connectivity index (χ1v) is 8.89. The van der Waals surface area contributed by atoms with Gasteiger partial charge in [-0.3, -0.25) is 24.4 Å². The highest BCUT2D eigenvalue weighted by Crippen LogP contribution is 2.17. The molecule has 0 heterocycles. The van der Waals surface area contributed by atoms with Crippen molar-refractivity contribution in [1.82, 2.24) is 11.0 Å². The molecular weight excluding hydrogens is 400 g/mol. The molecule has 0 aliphatic heterocycles. The summed E-state index contributed by atoms with van der Waals surface area (Å²) in [5.74, 6) is -0.620. The Morgan fingerprint density at radius 3 is 1.52 bits per heavy atom. The zero-order chi connectivity index (χ0) is 22.3.